The number of nitrogens with one attached hydrogen (secondary N) is 1. The fraction of sp³-hybridized carbons (Fsp3) is 0.500. The summed E-state index contributed by atoms with van der Waals surface area (Å²) in [5, 5.41) is 13.9. The summed E-state index contributed by atoms with van der Waals surface area (Å²) >= 11 is 0. The second-order valence-electron chi connectivity index (χ2n) is 6.30. The summed E-state index contributed by atoms with van der Waals surface area (Å²) in [6, 6.07) is 10.4. The SMILES string of the molecule is CC(CC(O)c1ccco1)NC(Cc1ccccn1)C1CC1. The lowest BCUT2D eigenvalue weighted by atomic mass is 10.0. The zero-order valence-electron chi connectivity index (χ0n) is 13.0. The Bertz CT molecular complexity index is 552. The van der Waals surface area contributed by atoms with Gasteiger partial charge >= 0.3 is 0 Å². The van der Waals surface area contributed by atoms with Crippen molar-refractivity contribution < 1.29 is 9.52 Å². The van der Waals surface area contributed by atoms with Crippen LogP contribution in [-0.2, 0) is 6.42 Å². The number of furan rings is 1. The van der Waals surface area contributed by atoms with E-state index in [2.05, 4.69) is 23.3 Å². The summed E-state index contributed by atoms with van der Waals surface area (Å²) in [6.45, 7) is 2.12. The highest BCUT2D eigenvalue weighted by atomic mass is 16.4. The summed E-state index contributed by atoms with van der Waals surface area (Å²) in [4.78, 5) is 4.43. The molecule has 3 rings (SSSR count). The minimum absolute atomic E-state index is 0.231. The number of nitrogens with zero attached hydrogens (tertiary/aromatic N) is 1. The highest BCUT2D eigenvalue weighted by Gasteiger charge is 2.32. The van der Waals surface area contributed by atoms with E-state index in [-0.39, 0.29) is 6.04 Å². The second kappa shape index (κ2) is 7.07. The number of hydrogen-bond donors (Lipinski definition) is 2. The van der Waals surface area contributed by atoms with Gasteiger partial charge in [0, 0.05) is 30.4 Å². The Labute approximate surface area is 131 Å². The molecule has 22 heavy (non-hydrogen) atoms. The van der Waals surface area contributed by atoms with Crippen LogP contribution in [0.3, 0.4) is 0 Å². The van der Waals surface area contributed by atoms with Gasteiger partial charge in [-0.05, 0) is 56.4 Å². The first kappa shape index (κ1) is 15.3. The van der Waals surface area contributed by atoms with Gasteiger partial charge in [-0.25, -0.2) is 0 Å². The van der Waals surface area contributed by atoms with Crippen LogP contribution in [0.25, 0.3) is 0 Å². The molecule has 3 atom stereocenters. The predicted octanol–water partition coefficient (Wildman–Crippen LogP) is 3.10. The predicted molar refractivity (Wildman–Crippen MR) is 85.3 cm³/mol. The molecule has 1 saturated carbocycles. The van der Waals surface area contributed by atoms with Crippen LogP contribution in [0.15, 0.2) is 47.2 Å². The Morgan fingerprint density at radius 1 is 1.32 bits per heavy atom. The molecule has 0 saturated heterocycles. The van der Waals surface area contributed by atoms with E-state index in [1.165, 1.54) is 12.8 Å². The molecule has 1 aliphatic rings. The van der Waals surface area contributed by atoms with Crippen LogP contribution in [0.5, 0.6) is 0 Å². The third kappa shape index (κ3) is 4.18. The number of aliphatic hydroxyl groups excluding tert-OH is 1. The molecule has 2 aromatic heterocycles. The minimum atomic E-state index is -0.549. The zero-order chi connectivity index (χ0) is 15.4. The first-order valence-electron chi connectivity index (χ1n) is 8.10. The van der Waals surface area contributed by atoms with Gasteiger partial charge in [0.25, 0.3) is 0 Å². The molecular weight excluding hydrogens is 276 g/mol. The Kier molecular flexibility index (Phi) is 4.90. The van der Waals surface area contributed by atoms with Gasteiger partial charge in [0.2, 0.25) is 0 Å². The van der Waals surface area contributed by atoms with Crippen LogP contribution in [0.4, 0.5) is 0 Å². The van der Waals surface area contributed by atoms with E-state index in [1.807, 2.05) is 30.5 Å². The number of aromatic nitrogens is 1. The summed E-state index contributed by atoms with van der Waals surface area (Å²) in [5.74, 6) is 1.38. The average molecular weight is 300 g/mol. The van der Waals surface area contributed by atoms with Gasteiger partial charge in [-0.15, -0.1) is 0 Å². The number of hydrogen-bond acceptors (Lipinski definition) is 4. The van der Waals surface area contributed by atoms with E-state index in [9.17, 15) is 5.11 Å². The molecule has 1 aliphatic carbocycles. The van der Waals surface area contributed by atoms with Crippen LogP contribution in [0, 0.1) is 5.92 Å². The topological polar surface area (TPSA) is 58.3 Å². The summed E-state index contributed by atoms with van der Waals surface area (Å²) in [6.07, 6.45) is 7.09. The largest absolute Gasteiger partial charge is 0.467 e. The van der Waals surface area contributed by atoms with Gasteiger partial charge in [-0.3, -0.25) is 4.98 Å². The lowest BCUT2D eigenvalue weighted by molar-refractivity contribution is 0.126. The molecule has 0 spiro atoms. The van der Waals surface area contributed by atoms with Crippen LogP contribution >= 0.6 is 0 Å². The number of rotatable bonds is 8. The molecule has 0 aromatic carbocycles. The summed E-state index contributed by atoms with van der Waals surface area (Å²) in [7, 11) is 0. The van der Waals surface area contributed by atoms with Crippen LogP contribution < -0.4 is 5.32 Å². The van der Waals surface area contributed by atoms with Crippen molar-refractivity contribution >= 4 is 0 Å². The van der Waals surface area contributed by atoms with Crippen LogP contribution in [0.2, 0.25) is 0 Å². The van der Waals surface area contributed by atoms with Gasteiger partial charge < -0.3 is 14.8 Å². The van der Waals surface area contributed by atoms with Gasteiger partial charge in [-0.1, -0.05) is 6.07 Å². The van der Waals surface area contributed by atoms with E-state index >= 15 is 0 Å². The maximum absolute atomic E-state index is 10.2. The highest BCUT2D eigenvalue weighted by Crippen LogP contribution is 2.34. The first-order chi connectivity index (χ1) is 10.7. The molecule has 3 unspecified atom stereocenters. The third-order valence-corrected chi connectivity index (χ3v) is 4.29. The van der Waals surface area contributed by atoms with Crippen molar-refractivity contribution in [1.29, 1.82) is 0 Å². The van der Waals surface area contributed by atoms with Gasteiger partial charge in [0.1, 0.15) is 11.9 Å². The zero-order valence-corrected chi connectivity index (χ0v) is 13.0. The normalized spacial score (nSPS) is 18.8. The maximum atomic E-state index is 10.2. The summed E-state index contributed by atoms with van der Waals surface area (Å²) in [5.41, 5.74) is 1.13. The maximum Gasteiger partial charge on any atom is 0.132 e. The van der Waals surface area contributed by atoms with Crippen LogP contribution in [-0.4, -0.2) is 22.2 Å². The van der Waals surface area contributed by atoms with Crippen molar-refractivity contribution in [2.45, 2.75) is 50.8 Å². The first-order valence-corrected chi connectivity index (χ1v) is 8.10. The van der Waals surface area contributed by atoms with Gasteiger partial charge in [-0.2, -0.15) is 0 Å². The molecule has 4 heteroatoms. The minimum Gasteiger partial charge on any atom is -0.467 e. The Balaban J connectivity index is 1.54. The van der Waals surface area contributed by atoms with Crippen molar-refractivity contribution in [1.82, 2.24) is 10.3 Å². The quantitative estimate of drug-likeness (QED) is 0.786. The smallest absolute Gasteiger partial charge is 0.132 e. The fourth-order valence-corrected chi connectivity index (χ4v) is 2.97. The number of aliphatic hydroxyl groups is 1. The van der Waals surface area contributed by atoms with Gasteiger partial charge in [0.15, 0.2) is 0 Å². The van der Waals surface area contributed by atoms with Crippen molar-refractivity contribution in [2.24, 2.45) is 5.92 Å². The second-order valence-corrected chi connectivity index (χ2v) is 6.30. The molecule has 0 aliphatic heterocycles. The van der Waals surface area contributed by atoms with E-state index in [1.54, 1.807) is 6.26 Å². The molecular formula is C18H24N2O2. The molecule has 0 radical (unpaired) electrons. The molecule has 0 amide bonds. The van der Waals surface area contributed by atoms with E-state index in [0.717, 1.165) is 18.0 Å². The lowest BCUT2D eigenvalue weighted by Gasteiger charge is -2.24. The van der Waals surface area contributed by atoms with E-state index in [4.69, 9.17) is 4.42 Å². The molecule has 118 valence electrons. The molecule has 2 aromatic rings. The van der Waals surface area contributed by atoms with Crippen molar-refractivity contribution in [2.75, 3.05) is 0 Å². The number of pyridine rings is 1. The monoisotopic (exact) mass is 300 g/mol. The Hall–Kier alpha value is -1.65. The molecule has 0 bridgehead atoms. The fourth-order valence-electron chi connectivity index (χ4n) is 2.97. The van der Waals surface area contributed by atoms with E-state index in [0.29, 0.717) is 18.2 Å². The van der Waals surface area contributed by atoms with Crippen molar-refractivity contribution in [3.63, 3.8) is 0 Å². The summed E-state index contributed by atoms with van der Waals surface area (Å²) < 4.78 is 5.27. The van der Waals surface area contributed by atoms with Crippen molar-refractivity contribution in [3.05, 3.63) is 54.2 Å². The van der Waals surface area contributed by atoms with E-state index < -0.39 is 6.10 Å². The highest BCUT2D eigenvalue weighted by molar-refractivity contribution is 5.07. The molecule has 2 heterocycles. The average Bonchev–Trinajstić information content (AvgIpc) is 3.21. The Morgan fingerprint density at radius 2 is 2.18 bits per heavy atom. The molecule has 2 N–H and O–H groups in total. The van der Waals surface area contributed by atoms with Crippen molar-refractivity contribution in [3.8, 4) is 0 Å². The lowest BCUT2D eigenvalue weighted by Crippen LogP contribution is -2.40. The molecule has 1 fully saturated rings. The Morgan fingerprint density at radius 3 is 2.82 bits per heavy atom. The third-order valence-electron chi connectivity index (χ3n) is 4.29. The molecule has 4 nitrogen and oxygen atoms in total. The van der Waals surface area contributed by atoms with Gasteiger partial charge in [0.05, 0.1) is 6.26 Å². The van der Waals surface area contributed by atoms with Crippen LogP contribution in [0.1, 0.15) is 43.7 Å². The standard InChI is InChI=1S/C18H24N2O2/c1-13(11-17(21)18-6-4-10-22-18)20-16(14-7-8-14)12-15-5-2-3-9-19-15/h2-6,9-10,13-14,16-17,20-21H,7-8,11-12H2,1H3.